The van der Waals surface area contributed by atoms with Crippen molar-refractivity contribution in [3.63, 3.8) is 0 Å². The van der Waals surface area contributed by atoms with E-state index in [0.29, 0.717) is 24.3 Å². The largest absolute Gasteiger partial charge is 0.330 e. The van der Waals surface area contributed by atoms with E-state index in [0.717, 1.165) is 22.5 Å². The van der Waals surface area contributed by atoms with Crippen LogP contribution in [0.3, 0.4) is 0 Å². The summed E-state index contributed by atoms with van der Waals surface area (Å²) < 4.78 is 1.51. The summed E-state index contributed by atoms with van der Waals surface area (Å²) in [6.07, 6.45) is 6.82. The van der Waals surface area contributed by atoms with E-state index in [1.165, 1.54) is 4.57 Å². The van der Waals surface area contributed by atoms with Gasteiger partial charge in [0.05, 0.1) is 24.1 Å². The average molecular weight is 375 g/mol. The summed E-state index contributed by atoms with van der Waals surface area (Å²) in [5.74, 6) is -0.249. The van der Waals surface area contributed by atoms with Crippen LogP contribution in [0.1, 0.15) is 44.1 Å². The van der Waals surface area contributed by atoms with E-state index in [-0.39, 0.29) is 23.6 Å². The Morgan fingerprint density at radius 1 is 1.00 bits per heavy atom. The van der Waals surface area contributed by atoms with Gasteiger partial charge in [-0.2, -0.15) is 0 Å². The molecule has 7 nitrogen and oxygen atoms in total. The van der Waals surface area contributed by atoms with Crippen LogP contribution in [-0.2, 0) is 19.6 Å². The Kier molecular flexibility index (Phi) is 4.50. The third kappa shape index (κ3) is 3.31. The number of aryl methyl sites for hydroxylation is 3. The van der Waals surface area contributed by atoms with E-state index in [1.807, 2.05) is 26.1 Å². The molecule has 0 aromatic carbocycles. The average Bonchev–Trinajstić information content (AvgIpc) is 3.09. The number of fused-ring (bicyclic) bond motifs is 1. The van der Waals surface area contributed by atoms with E-state index in [4.69, 9.17) is 0 Å². The number of rotatable bonds is 3. The molecule has 0 bridgehead atoms. The summed E-state index contributed by atoms with van der Waals surface area (Å²) in [6, 6.07) is 3.79. The molecule has 0 atom stereocenters. The van der Waals surface area contributed by atoms with E-state index in [9.17, 15) is 9.59 Å². The van der Waals surface area contributed by atoms with Crippen LogP contribution >= 0.6 is 0 Å². The van der Waals surface area contributed by atoms with Crippen LogP contribution in [0.2, 0.25) is 0 Å². The molecule has 0 saturated heterocycles. The monoisotopic (exact) mass is 375 g/mol. The lowest BCUT2D eigenvalue weighted by Crippen LogP contribution is -2.35. The first-order valence-corrected chi connectivity index (χ1v) is 9.13. The zero-order valence-corrected chi connectivity index (χ0v) is 16.1. The van der Waals surface area contributed by atoms with Gasteiger partial charge in [-0.1, -0.05) is 0 Å². The first kappa shape index (κ1) is 18.0. The van der Waals surface area contributed by atoms with E-state index >= 15 is 0 Å². The number of hydrogen-bond acceptors (Lipinski definition) is 5. The summed E-state index contributed by atoms with van der Waals surface area (Å²) in [5.41, 5.74) is 5.10. The second-order valence-corrected chi connectivity index (χ2v) is 7.21. The molecule has 28 heavy (non-hydrogen) atoms. The molecule has 0 spiro atoms. The first-order valence-electron chi connectivity index (χ1n) is 9.13. The molecule has 1 aliphatic heterocycles. The molecule has 0 fully saturated rings. The summed E-state index contributed by atoms with van der Waals surface area (Å²) >= 11 is 0. The standard InChI is InChI=1S/C21H21N5O2/c1-13-4-5-25(12-18-9-23-15(3)7-24-18)20(27)19(13)21(28)26-10-16-6-14(2)22-8-17(16)11-26/h4-9H,10-12H2,1-3H3. The number of amides is 1. The summed E-state index contributed by atoms with van der Waals surface area (Å²) in [7, 11) is 0. The minimum atomic E-state index is -0.308. The maximum atomic E-state index is 13.2. The number of nitrogens with zero attached hydrogens (tertiary/aromatic N) is 5. The van der Waals surface area contributed by atoms with Gasteiger partial charge in [-0.3, -0.25) is 24.5 Å². The molecular weight excluding hydrogens is 354 g/mol. The van der Waals surface area contributed by atoms with E-state index in [1.54, 1.807) is 36.5 Å². The Labute approximate surface area is 162 Å². The van der Waals surface area contributed by atoms with Crippen LogP contribution in [0.4, 0.5) is 0 Å². The zero-order chi connectivity index (χ0) is 19.8. The molecule has 0 aliphatic carbocycles. The second kappa shape index (κ2) is 6.99. The maximum Gasteiger partial charge on any atom is 0.264 e. The fraction of sp³-hybridized carbons (Fsp3) is 0.286. The lowest BCUT2D eigenvalue weighted by atomic mass is 10.1. The van der Waals surface area contributed by atoms with E-state index in [2.05, 4.69) is 15.0 Å². The lowest BCUT2D eigenvalue weighted by molar-refractivity contribution is 0.0748. The van der Waals surface area contributed by atoms with Crippen LogP contribution in [0.5, 0.6) is 0 Å². The highest BCUT2D eigenvalue weighted by Crippen LogP contribution is 2.24. The minimum absolute atomic E-state index is 0.208. The molecule has 1 amide bonds. The molecule has 4 heterocycles. The van der Waals surface area contributed by atoms with Gasteiger partial charge in [-0.05, 0) is 49.6 Å². The highest BCUT2D eigenvalue weighted by Gasteiger charge is 2.28. The van der Waals surface area contributed by atoms with Crippen molar-refractivity contribution in [1.82, 2.24) is 24.4 Å². The second-order valence-electron chi connectivity index (χ2n) is 7.21. The van der Waals surface area contributed by atoms with Crippen molar-refractivity contribution in [2.24, 2.45) is 0 Å². The van der Waals surface area contributed by atoms with Gasteiger partial charge in [-0.15, -0.1) is 0 Å². The molecule has 0 radical (unpaired) electrons. The lowest BCUT2D eigenvalue weighted by Gasteiger charge is -2.17. The van der Waals surface area contributed by atoms with Gasteiger partial charge in [0.1, 0.15) is 5.56 Å². The Bertz CT molecular complexity index is 1120. The van der Waals surface area contributed by atoms with Gasteiger partial charge >= 0.3 is 0 Å². The Morgan fingerprint density at radius 3 is 2.50 bits per heavy atom. The van der Waals surface area contributed by atoms with Crippen LogP contribution in [0.15, 0.2) is 41.7 Å². The van der Waals surface area contributed by atoms with E-state index < -0.39 is 0 Å². The smallest absolute Gasteiger partial charge is 0.264 e. The van der Waals surface area contributed by atoms with Gasteiger partial charge in [0.15, 0.2) is 0 Å². The summed E-state index contributed by atoms with van der Waals surface area (Å²) in [6.45, 7) is 6.82. The van der Waals surface area contributed by atoms with Gasteiger partial charge in [0, 0.05) is 37.4 Å². The molecule has 0 saturated carbocycles. The third-order valence-electron chi connectivity index (χ3n) is 4.98. The normalized spacial score (nSPS) is 12.9. The number of carbonyl (C=O) groups excluding carboxylic acids is 1. The quantitative estimate of drug-likeness (QED) is 0.701. The Hall–Kier alpha value is -3.35. The Balaban J connectivity index is 1.63. The van der Waals surface area contributed by atoms with Gasteiger partial charge in [0.25, 0.3) is 11.5 Å². The molecule has 3 aromatic rings. The van der Waals surface area contributed by atoms with Gasteiger partial charge in [0.2, 0.25) is 0 Å². The van der Waals surface area contributed by atoms with Crippen molar-refractivity contribution in [2.75, 3.05) is 0 Å². The molecule has 0 N–H and O–H groups in total. The SMILES string of the molecule is Cc1cnc(Cn2ccc(C)c(C(=O)N3Cc4cnc(C)cc4C3)c2=O)cn1. The van der Waals surface area contributed by atoms with Crippen molar-refractivity contribution in [1.29, 1.82) is 0 Å². The minimum Gasteiger partial charge on any atom is -0.330 e. The van der Waals surface area contributed by atoms with Crippen molar-refractivity contribution in [3.05, 3.63) is 86.6 Å². The molecular formula is C21H21N5O2. The molecule has 7 heteroatoms. The fourth-order valence-electron chi connectivity index (χ4n) is 3.43. The van der Waals surface area contributed by atoms with Crippen molar-refractivity contribution in [2.45, 2.75) is 40.4 Å². The van der Waals surface area contributed by atoms with Crippen molar-refractivity contribution in [3.8, 4) is 0 Å². The maximum absolute atomic E-state index is 13.2. The summed E-state index contributed by atoms with van der Waals surface area (Å²) in [5, 5.41) is 0. The molecule has 0 unspecified atom stereocenters. The third-order valence-corrected chi connectivity index (χ3v) is 4.98. The van der Waals surface area contributed by atoms with Crippen LogP contribution in [-0.4, -0.2) is 30.3 Å². The first-order chi connectivity index (χ1) is 13.4. The highest BCUT2D eigenvalue weighted by molar-refractivity contribution is 5.95. The molecule has 4 rings (SSSR count). The predicted octanol–water partition coefficient (Wildman–Crippen LogP) is 2.16. The molecule has 142 valence electrons. The number of aromatic nitrogens is 4. The fourth-order valence-corrected chi connectivity index (χ4v) is 3.43. The number of pyridine rings is 2. The van der Waals surface area contributed by atoms with Crippen molar-refractivity contribution < 1.29 is 4.79 Å². The van der Waals surface area contributed by atoms with Crippen molar-refractivity contribution >= 4 is 5.91 Å². The Morgan fingerprint density at radius 2 is 1.75 bits per heavy atom. The predicted molar refractivity (Wildman–Crippen MR) is 104 cm³/mol. The van der Waals surface area contributed by atoms with Gasteiger partial charge < -0.3 is 9.47 Å². The topological polar surface area (TPSA) is 81.0 Å². The number of hydrogen-bond donors (Lipinski definition) is 0. The van der Waals surface area contributed by atoms with Crippen LogP contribution < -0.4 is 5.56 Å². The van der Waals surface area contributed by atoms with Crippen LogP contribution in [0, 0.1) is 20.8 Å². The zero-order valence-electron chi connectivity index (χ0n) is 16.1. The number of carbonyl (C=O) groups is 1. The molecule has 3 aromatic heterocycles. The summed E-state index contributed by atoms with van der Waals surface area (Å²) in [4.78, 5) is 40.7. The van der Waals surface area contributed by atoms with Crippen LogP contribution in [0.25, 0.3) is 0 Å². The highest BCUT2D eigenvalue weighted by atomic mass is 16.2. The molecule has 1 aliphatic rings. The van der Waals surface area contributed by atoms with Gasteiger partial charge in [-0.25, -0.2) is 0 Å².